The lowest BCUT2D eigenvalue weighted by molar-refractivity contribution is 0.553. The van der Waals surface area contributed by atoms with Crippen molar-refractivity contribution in [3.8, 4) is 0 Å². The molecule has 1 atom stereocenters. The van der Waals surface area contributed by atoms with E-state index in [-0.39, 0.29) is 24.3 Å². The molecule has 0 saturated carbocycles. The minimum atomic E-state index is -0.260. The Bertz CT molecular complexity index is 309. The van der Waals surface area contributed by atoms with Crippen molar-refractivity contribution >= 4 is 28.3 Å². The van der Waals surface area contributed by atoms with Crippen LogP contribution in [-0.4, -0.2) is 6.54 Å². The molecule has 0 spiro atoms. The van der Waals surface area contributed by atoms with Crippen LogP contribution in [0.4, 0.5) is 4.39 Å². The van der Waals surface area contributed by atoms with Crippen molar-refractivity contribution in [2.75, 3.05) is 6.54 Å². The second kappa shape index (κ2) is 7.17. The highest BCUT2D eigenvalue weighted by molar-refractivity contribution is 9.10. The first-order valence-electron chi connectivity index (χ1n) is 4.55. The van der Waals surface area contributed by atoms with E-state index in [0.29, 0.717) is 12.1 Å². The predicted molar refractivity (Wildman–Crippen MR) is 66.6 cm³/mol. The summed E-state index contributed by atoms with van der Waals surface area (Å²) in [6.07, 6.45) is 1.53. The molecule has 0 saturated heterocycles. The Morgan fingerprint density at radius 1 is 1.40 bits per heavy atom. The van der Waals surface area contributed by atoms with Gasteiger partial charge in [0.2, 0.25) is 0 Å². The molecule has 0 aliphatic carbocycles. The van der Waals surface area contributed by atoms with Crippen LogP contribution in [-0.2, 0) is 0 Å². The molecule has 15 heavy (non-hydrogen) atoms. The van der Waals surface area contributed by atoms with E-state index in [2.05, 4.69) is 15.9 Å². The zero-order valence-corrected chi connectivity index (χ0v) is 10.7. The molecule has 0 aliphatic heterocycles. The number of rotatable bonds is 4. The van der Waals surface area contributed by atoms with Crippen LogP contribution in [0.1, 0.15) is 24.4 Å². The van der Waals surface area contributed by atoms with Gasteiger partial charge in [-0.3, -0.25) is 0 Å². The summed E-state index contributed by atoms with van der Waals surface area (Å²) < 4.78 is 14.1. The van der Waals surface area contributed by atoms with Crippen molar-refractivity contribution in [3.63, 3.8) is 0 Å². The van der Waals surface area contributed by atoms with Gasteiger partial charge in [-0.25, -0.2) is 4.39 Å². The van der Waals surface area contributed by atoms with Crippen LogP contribution in [0.25, 0.3) is 0 Å². The van der Waals surface area contributed by atoms with E-state index in [4.69, 9.17) is 11.5 Å². The summed E-state index contributed by atoms with van der Waals surface area (Å²) in [5, 5.41) is 0. The van der Waals surface area contributed by atoms with Gasteiger partial charge < -0.3 is 11.5 Å². The molecule has 0 fully saturated rings. The summed E-state index contributed by atoms with van der Waals surface area (Å²) in [7, 11) is 0. The SMILES string of the molecule is Cl.NCCC[C@H](N)c1ccc(Br)cc1F. The van der Waals surface area contributed by atoms with Crippen molar-refractivity contribution in [3.05, 3.63) is 34.1 Å². The summed E-state index contributed by atoms with van der Waals surface area (Å²) in [5.41, 5.74) is 11.7. The molecule has 0 aliphatic rings. The quantitative estimate of drug-likeness (QED) is 0.898. The van der Waals surface area contributed by atoms with Gasteiger partial charge in [0.25, 0.3) is 0 Å². The summed E-state index contributed by atoms with van der Waals surface area (Å²) >= 11 is 3.20. The van der Waals surface area contributed by atoms with E-state index in [1.165, 1.54) is 6.07 Å². The normalized spacial score (nSPS) is 12.0. The standard InChI is InChI=1S/C10H14BrFN2.ClH/c11-7-3-4-8(9(12)6-7)10(14)2-1-5-13;/h3-4,6,10H,1-2,5,13-14H2;1H/t10-;/m0./s1. The summed E-state index contributed by atoms with van der Waals surface area (Å²) in [5.74, 6) is -0.260. The topological polar surface area (TPSA) is 52.0 Å². The lowest BCUT2D eigenvalue weighted by Crippen LogP contribution is -2.14. The number of hydrogen-bond donors (Lipinski definition) is 2. The molecule has 0 amide bonds. The zero-order chi connectivity index (χ0) is 10.6. The lowest BCUT2D eigenvalue weighted by Gasteiger charge is -2.12. The highest BCUT2D eigenvalue weighted by atomic mass is 79.9. The van der Waals surface area contributed by atoms with Crippen LogP contribution in [0, 0.1) is 5.82 Å². The van der Waals surface area contributed by atoms with Crippen molar-refractivity contribution in [2.24, 2.45) is 11.5 Å². The monoisotopic (exact) mass is 296 g/mol. The Balaban J connectivity index is 0.00000196. The van der Waals surface area contributed by atoms with Gasteiger partial charge in [0.15, 0.2) is 0 Å². The Morgan fingerprint density at radius 3 is 2.60 bits per heavy atom. The van der Waals surface area contributed by atoms with Gasteiger partial charge in [0.05, 0.1) is 0 Å². The van der Waals surface area contributed by atoms with Gasteiger partial charge in [-0.2, -0.15) is 0 Å². The minimum Gasteiger partial charge on any atom is -0.330 e. The van der Waals surface area contributed by atoms with Gasteiger partial charge in [0.1, 0.15) is 5.82 Å². The van der Waals surface area contributed by atoms with Gasteiger partial charge in [-0.1, -0.05) is 22.0 Å². The maximum atomic E-state index is 13.4. The van der Waals surface area contributed by atoms with E-state index in [9.17, 15) is 4.39 Å². The molecular formula is C10H15BrClFN2. The molecule has 0 bridgehead atoms. The Kier molecular flexibility index (Phi) is 7.09. The average molecular weight is 298 g/mol. The van der Waals surface area contributed by atoms with Crippen LogP contribution in [0.3, 0.4) is 0 Å². The fraction of sp³-hybridized carbons (Fsp3) is 0.400. The highest BCUT2D eigenvalue weighted by Gasteiger charge is 2.10. The fourth-order valence-electron chi connectivity index (χ4n) is 1.30. The van der Waals surface area contributed by atoms with Crippen molar-refractivity contribution in [1.29, 1.82) is 0 Å². The molecule has 0 radical (unpaired) electrons. The number of nitrogens with two attached hydrogens (primary N) is 2. The van der Waals surface area contributed by atoms with Crippen LogP contribution in [0.2, 0.25) is 0 Å². The molecular weight excluding hydrogens is 282 g/mol. The van der Waals surface area contributed by atoms with E-state index in [1.54, 1.807) is 12.1 Å². The molecule has 0 aromatic heterocycles. The maximum Gasteiger partial charge on any atom is 0.129 e. The molecule has 5 heteroatoms. The Morgan fingerprint density at radius 2 is 2.07 bits per heavy atom. The lowest BCUT2D eigenvalue weighted by atomic mass is 10.0. The molecule has 1 aromatic rings. The summed E-state index contributed by atoms with van der Waals surface area (Å²) in [4.78, 5) is 0. The second-order valence-electron chi connectivity index (χ2n) is 3.20. The first-order chi connectivity index (χ1) is 6.65. The molecule has 1 rings (SSSR count). The molecule has 0 unspecified atom stereocenters. The van der Waals surface area contributed by atoms with Gasteiger partial charge in [0, 0.05) is 16.1 Å². The maximum absolute atomic E-state index is 13.4. The van der Waals surface area contributed by atoms with E-state index >= 15 is 0 Å². The number of hydrogen-bond acceptors (Lipinski definition) is 2. The van der Waals surface area contributed by atoms with Crippen LogP contribution < -0.4 is 11.5 Å². The van der Waals surface area contributed by atoms with E-state index in [0.717, 1.165) is 17.3 Å². The van der Waals surface area contributed by atoms with Crippen molar-refractivity contribution in [1.82, 2.24) is 0 Å². The van der Waals surface area contributed by atoms with Crippen molar-refractivity contribution in [2.45, 2.75) is 18.9 Å². The largest absolute Gasteiger partial charge is 0.330 e. The highest BCUT2D eigenvalue weighted by Crippen LogP contribution is 2.22. The predicted octanol–water partition coefficient (Wildman–Crippen LogP) is 2.75. The van der Waals surface area contributed by atoms with Crippen molar-refractivity contribution < 1.29 is 4.39 Å². The Labute approximate surface area is 104 Å². The molecule has 0 heterocycles. The van der Waals surface area contributed by atoms with Crippen LogP contribution in [0.15, 0.2) is 22.7 Å². The summed E-state index contributed by atoms with van der Waals surface area (Å²) in [6.45, 7) is 0.589. The third kappa shape index (κ3) is 4.47. The van der Waals surface area contributed by atoms with Crippen LogP contribution in [0.5, 0.6) is 0 Å². The average Bonchev–Trinajstić information content (AvgIpc) is 2.14. The molecule has 4 N–H and O–H groups in total. The van der Waals surface area contributed by atoms with Gasteiger partial charge in [-0.05, 0) is 31.5 Å². The third-order valence-corrected chi connectivity index (χ3v) is 2.57. The first kappa shape index (κ1) is 14.8. The van der Waals surface area contributed by atoms with E-state index < -0.39 is 0 Å². The fourth-order valence-corrected chi connectivity index (χ4v) is 1.63. The molecule has 1 aromatic carbocycles. The first-order valence-corrected chi connectivity index (χ1v) is 5.35. The minimum absolute atomic E-state index is 0. The molecule has 2 nitrogen and oxygen atoms in total. The second-order valence-corrected chi connectivity index (χ2v) is 4.12. The van der Waals surface area contributed by atoms with Crippen LogP contribution >= 0.6 is 28.3 Å². The number of benzene rings is 1. The third-order valence-electron chi connectivity index (χ3n) is 2.08. The van der Waals surface area contributed by atoms with Gasteiger partial charge in [-0.15, -0.1) is 12.4 Å². The number of halogens is 3. The Hall–Kier alpha value is -0.160. The molecule has 86 valence electrons. The smallest absolute Gasteiger partial charge is 0.129 e. The zero-order valence-electron chi connectivity index (χ0n) is 8.25. The van der Waals surface area contributed by atoms with E-state index in [1.807, 2.05) is 0 Å². The summed E-state index contributed by atoms with van der Waals surface area (Å²) in [6, 6.07) is 4.67. The van der Waals surface area contributed by atoms with Gasteiger partial charge >= 0.3 is 0 Å².